The summed E-state index contributed by atoms with van der Waals surface area (Å²) in [4.78, 5) is 22.9. The molecule has 5 nitrogen and oxygen atoms in total. The van der Waals surface area contributed by atoms with Crippen LogP contribution < -0.4 is 9.47 Å². The zero-order chi connectivity index (χ0) is 23.6. The molecule has 1 N–H and O–H groups in total. The van der Waals surface area contributed by atoms with Crippen molar-refractivity contribution in [1.82, 2.24) is 0 Å². The van der Waals surface area contributed by atoms with Gasteiger partial charge in [-0.15, -0.1) is 0 Å². The third-order valence-corrected chi connectivity index (χ3v) is 5.38. The largest absolute Gasteiger partial charge is 0.494 e. The van der Waals surface area contributed by atoms with Crippen molar-refractivity contribution in [3.8, 4) is 33.8 Å². The minimum atomic E-state index is -1.04. The minimum absolute atomic E-state index is 0.148. The number of rotatable bonds is 11. The number of carbonyl (C=O) groups is 2. The second-order valence-corrected chi connectivity index (χ2v) is 7.97. The van der Waals surface area contributed by atoms with E-state index in [0.29, 0.717) is 11.3 Å². The predicted molar refractivity (Wildman–Crippen MR) is 130 cm³/mol. The fourth-order valence-electron chi connectivity index (χ4n) is 3.66. The van der Waals surface area contributed by atoms with Crippen LogP contribution in [0.25, 0.3) is 22.3 Å². The molecule has 5 heteroatoms. The van der Waals surface area contributed by atoms with Gasteiger partial charge in [-0.05, 0) is 59.0 Å². The summed E-state index contributed by atoms with van der Waals surface area (Å²) in [6.45, 7) is 4.25. The second-order valence-electron chi connectivity index (χ2n) is 7.97. The fraction of sp³-hybridized carbons (Fsp3) is 0.286. The molecule has 172 valence electrons. The first-order chi connectivity index (χ1) is 16.0. The van der Waals surface area contributed by atoms with Gasteiger partial charge < -0.3 is 14.6 Å². The van der Waals surface area contributed by atoms with Gasteiger partial charge in [0.2, 0.25) is 0 Å². The number of hydrogen-bond acceptors (Lipinski definition) is 4. The number of carboxylic acids is 1. The smallest absolute Gasteiger partial charge is 0.336 e. The summed E-state index contributed by atoms with van der Waals surface area (Å²) in [5.74, 6) is -0.320. The van der Waals surface area contributed by atoms with Crippen molar-refractivity contribution in [3.05, 3.63) is 72.3 Å². The number of hydrogen-bond donors (Lipinski definition) is 1. The summed E-state index contributed by atoms with van der Waals surface area (Å²) < 4.78 is 11.0. The highest BCUT2D eigenvalue weighted by Gasteiger charge is 2.14. The Kier molecular flexibility index (Phi) is 8.64. The Hall–Kier alpha value is -3.60. The zero-order valence-corrected chi connectivity index (χ0v) is 19.2. The van der Waals surface area contributed by atoms with E-state index < -0.39 is 11.9 Å². The Labute approximate surface area is 195 Å². The lowest BCUT2D eigenvalue weighted by molar-refractivity contribution is -0.131. The molecule has 0 saturated carbocycles. The first-order valence-corrected chi connectivity index (χ1v) is 11.4. The monoisotopic (exact) mass is 446 g/mol. The van der Waals surface area contributed by atoms with E-state index in [2.05, 4.69) is 6.92 Å². The summed E-state index contributed by atoms with van der Waals surface area (Å²) in [7, 11) is 0. The van der Waals surface area contributed by atoms with Crippen LogP contribution in [0.2, 0.25) is 0 Å². The maximum Gasteiger partial charge on any atom is 0.336 e. The SMILES string of the molecule is CCCCCCCOc1ccc(-c2ccc(-c3cc(OC(C)=O)ccc3C(=O)O)cc2)cc1. The van der Waals surface area contributed by atoms with Gasteiger partial charge in [0.1, 0.15) is 11.5 Å². The van der Waals surface area contributed by atoms with Crippen LogP contribution in [0.3, 0.4) is 0 Å². The molecule has 0 saturated heterocycles. The van der Waals surface area contributed by atoms with Gasteiger partial charge in [-0.25, -0.2) is 4.79 Å². The maximum absolute atomic E-state index is 11.7. The van der Waals surface area contributed by atoms with E-state index in [1.165, 1.54) is 44.7 Å². The number of benzene rings is 3. The van der Waals surface area contributed by atoms with Gasteiger partial charge in [0, 0.05) is 6.92 Å². The van der Waals surface area contributed by atoms with Crippen LogP contribution in [0.15, 0.2) is 66.7 Å². The van der Waals surface area contributed by atoms with Crippen LogP contribution in [0.1, 0.15) is 56.3 Å². The van der Waals surface area contributed by atoms with Gasteiger partial charge in [-0.2, -0.15) is 0 Å². The first-order valence-electron chi connectivity index (χ1n) is 11.4. The molecule has 0 unspecified atom stereocenters. The molecule has 0 heterocycles. The van der Waals surface area contributed by atoms with E-state index in [4.69, 9.17) is 9.47 Å². The topological polar surface area (TPSA) is 72.8 Å². The van der Waals surface area contributed by atoms with Gasteiger partial charge in [0.25, 0.3) is 0 Å². The van der Waals surface area contributed by atoms with Crippen LogP contribution >= 0.6 is 0 Å². The predicted octanol–water partition coefficient (Wildman–Crippen LogP) is 6.99. The van der Waals surface area contributed by atoms with Gasteiger partial charge in [-0.3, -0.25) is 4.79 Å². The molecule has 33 heavy (non-hydrogen) atoms. The molecule has 0 radical (unpaired) electrons. The lowest BCUT2D eigenvalue weighted by Gasteiger charge is -2.11. The van der Waals surface area contributed by atoms with Crippen LogP contribution in [-0.2, 0) is 4.79 Å². The first kappa shape index (κ1) is 24.1. The molecule has 3 aromatic carbocycles. The van der Waals surface area contributed by atoms with Crippen molar-refractivity contribution in [2.24, 2.45) is 0 Å². The molecule has 3 aromatic rings. The summed E-state index contributed by atoms with van der Waals surface area (Å²) in [6.07, 6.45) is 6.05. The van der Waals surface area contributed by atoms with E-state index in [0.717, 1.165) is 35.5 Å². The molecular weight excluding hydrogens is 416 g/mol. The number of aromatic carboxylic acids is 1. The van der Waals surface area contributed by atoms with Crippen LogP contribution in [-0.4, -0.2) is 23.7 Å². The molecule has 0 bridgehead atoms. The van der Waals surface area contributed by atoms with Crippen LogP contribution in [0.5, 0.6) is 11.5 Å². The van der Waals surface area contributed by atoms with Crippen molar-refractivity contribution in [3.63, 3.8) is 0 Å². The Balaban J connectivity index is 1.70. The van der Waals surface area contributed by atoms with Gasteiger partial charge in [-0.1, -0.05) is 69.0 Å². The van der Waals surface area contributed by atoms with E-state index in [9.17, 15) is 14.7 Å². The zero-order valence-electron chi connectivity index (χ0n) is 19.2. The molecule has 0 aromatic heterocycles. The molecule has 0 aliphatic heterocycles. The highest BCUT2D eigenvalue weighted by Crippen LogP contribution is 2.31. The van der Waals surface area contributed by atoms with Gasteiger partial charge in [0.15, 0.2) is 0 Å². The van der Waals surface area contributed by atoms with E-state index in [1.807, 2.05) is 48.5 Å². The van der Waals surface area contributed by atoms with E-state index >= 15 is 0 Å². The summed E-state index contributed by atoms with van der Waals surface area (Å²) in [5.41, 5.74) is 3.43. The van der Waals surface area contributed by atoms with Crippen LogP contribution in [0, 0.1) is 0 Å². The third-order valence-electron chi connectivity index (χ3n) is 5.38. The Morgan fingerprint density at radius 3 is 1.94 bits per heavy atom. The van der Waals surface area contributed by atoms with Crippen molar-refractivity contribution in [1.29, 1.82) is 0 Å². The van der Waals surface area contributed by atoms with E-state index in [1.54, 1.807) is 6.07 Å². The maximum atomic E-state index is 11.7. The van der Waals surface area contributed by atoms with Crippen molar-refractivity contribution in [2.75, 3.05) is 6.61 Å². The molecule has 0 aliphatic rings. The van der Waals surface area contributed by atoms with Crippen molar-refractivity contribution in [2.45, 2.75) is 46.0 Å². The average Bonchev–Trinajstić information content (AvgIpc) is 2.81. The molecular formula is C28H30O5. The molecule has 0 spiro atoms. The number of ether oxygens (including phenoxy) is 2. The third kappa shape index (κ3) is 6.94. The molecule has 0 amide bonds. The van der Waals surface area contributed by atoms with Gasteiger partial charge >= 0.3 is 11.9 Å². The average molecular weight is 447 g/mol. The Bertz CT molecular complexity index is 1070. The van der Waals surface area contributed by atoms with Crippen LogP contribution in [0.4, 0.5) is 0 Å². The fourth-order valence-corrected chi connectivity index (χ4v) is 3.66. The molecule has 3 rings (SSSR count). The highest BCUT2D eigenvalue weighted by atomic mass is 16.5. The summed E-state index contributed by atoms with van der Waals surface area (Å²) >= 11 is 0. The van der Waals surface area contributed by atoms with Gasteiger partial charge in [0.05, 0.1) is 12.2 Å². The normalized spacial score (nSPS) is 10.6. The Morgan fingerprint density at radius 1 is 0.758 bits per heavy atom. The van der Waals surface area contributed by atoms with E-state index in [-0.39, 0.29) is 5.56 Å². The quantitative estimate of drug-likeness (QED) is 0.195. The lowest BCUT2D eigenvalue weighted by Crippen LogP contribution is -2.04. The summed E-state index contributed by atoms with van der Waals surface area (Å²) in [6, 6.07) is 20.1. The number of unbranched alkanes of at least 4 members (excludes halogenated alkanes) is 4. The van der Waals surface area contributed by atoms with Crippen molar-refractivity contribution < 1.29 is 24.2 Å². The molecule has 0 atom stereocenters. The number of carbonyl (C=O) groups excluding carboxylic acids is 1. The number of carboxylic acid groups (broad SMARTS) is 1. The van der Waals surface area contributed by atoms with Crippen molar-refractivity contribution >= 4 is 11.9 Å². The standard InChI is InChI=1S/C28H30O5/c1-3-4-5-6-7-18-32-24-14-12-22(13-15-24)21-8-10-23(11-9-21)27-19-25(33-20(2)29)16-17-26(27)28(30)31/h8-17,19H,3-7,18H2,1-2H3,(H,30,31). The minimum Gasteiger partial charge on any atom is -0.494 e. The number of esters is 1. The second kappa shape index (κ2) is 11.9. The Morgan fingerprint density at radius 2 is 1.33 bits per heavy atom. The molecule has 0 aliphatic carbocycles. The lowest BCUT2D eigenvalue weighted by atomic mass is 9.96. The molecule has 0 fully saturated rings. The summed E-state index contributed by atoms with van der Waals surface area (Å²) in [5, 5.41) is 9.55. The highest BCUT2D eigenvalue weighted by molar-refractivity contribution is 5.96.